The van der Waals surface area contributed by atoms with Gasteiger partial charge in [-0.15, -0.1) is 0 Å². The van der Waals surface area contributed by atoms with E-state index in [1.165, 1.54) is 55.2 Å². The monoisotopic (exact) mass is 376 g/mol. The van der Waals surface area contributed by atoms with Gasteiger partial charge in [0, 0.05) is 19.3 Å². The predicted octanol–water partition coefficient (Wildman–Crippen LogP) is 4.63. The maximum Gasteiger partial charge on any atom is 0.108 e. The normalized spacial score (nSPS) is 31.8. The van der Waals surface area contributed by atoms with Crippen molar-refractivity contribution in [2.24, 2.45) is 17.8 Å². The van der Waals surface area contributed by atoms with Gasteiger partial charge < -0.3 is 10.1 Å². The highest BCUT2D eigenvalue weighted by molar-refractivity contribution is 5.31. The molecule has 0 heterocycles. The van der Waals surface area contributed by atoms with Crippen LogP contribution in [-0.4, -0.2) is 18.7 Å². The van der Waals surface area contributed by atoms with Crippen LogP contribution in [0.5, 0.6) is 0 Å². The smallest absolute Gasteiger partial charge is 0.108 e. The van der Waals surface area contributed by atoms with Crippen molar-refractivity contribution in [1.82, 2.24) is 0 Å². The number of rotatable bonds is 7. The first-order valence-electron chi connectivity index (χ1n) is 11.3. The molecule has 2 aromatic carbocycles. The third-order valence-corrected chi connectivity index (χ3v) is 7.55. The minimum absolute atomic E-state index is 0.0339. The maximum atomic E-state index is 6.49. The van der Waals surface area contributed by atoms with Crippen LogP contribution in [0.4, 0.5) is 0 Å². The molecule has 2 N–H and O–H groups in total. The second-order valence-electron chi connectivity index (χ2n) is 9.84. The highest BCUT2D eigenvalue weighted by atomic mass is 16.5. The van der Waals surface area contributed by atoms with Gasteiger partial charge in [0.15, 0.2) is 0 Å². The average molecular weight is 377 g/mol. The highest BCUT2D eigenvalue weighted by Crippen LogP contribution is 2.54. The summed E-state index contributed by atoms with van der Waals surface area (Å²) in [6.07, 6.45) is 8.97. The van der Waals surface area contributed by atoms with Crippen molar-refractivity contribution in [2.45, 2.75) is 57.1 Å². The molecule has 148 valence electrons. The second kappa shape index (κ2) is 7.65. The average Bonchev–Trinajstić information content (AvgIpc) is 2.69. The summed E-state index contributed by atoms with van der Waals surface area (Å²) in [5, 5.41) is 2.68. The van der Waals surface area contributed by atoms with Crippen LogP contribution in [0.2, 0.25) is 0 Å². The van der Waals surface area contributed by atoms with Crippen molar-refractivity contribution in [3.05, 3.63) is 71.3 Å². The van der Waals surface area contributed by atoms with E-state index in [0.717, 1.165) is 30.9 Å². The molecule has 0 spiro atoms. The molecule has 0 unspecified atom stereocenters. The molecule has 4 saturated carbocycles. The van der Waals surface area contributed by atoms with Gasteiger partial charge in [0.25, 0.3) is 0 Å². The molecular formula is C26H34NO+. The Morgan fingerprint density at radius 3 is 2.04 bits per heavy atom. The lowest BCUT2D eigenvalue weighted by Crippen LogP contribution is -2.99. The number of hydrogen-bond donors (Lipinski definition) is 1. The van der Waals surface area contributed by atoms with Crippen LogP contribution in [0.3, 0.4) is 0 Å². The Bertz CT molecular complexity index is 747. The molecule has 2 aromatic rings. The zero-order valence-corrected chi connectivity index (χ0v) is 17.1. The molecule has 1 atom stereocenters. The first-order chi connectivity index (χ1) is 13.7. The molecule has 2 nitrogen and oxygen atoms in total. The summed E-state index contributed by atoms with van der Waals surface area (Å²) in [5.74, 6) is 3.06. The SMILES string of the molecule is Cc1ccc([C@@H](OCC[NH2+]C23CC4CC(CC(C4)C2)C3)c2ccccc2)cc1. The Hall–Kier alpha value is -1.64. The van der Waals surface area contributed by atoms with Crippen LogP contribution in [0.15, 0.2) is 54.6 Å². The largest absolute Gasteiger partial charge is 0.363 e. The fraction of sp³-hybridized carbons (Fsp3) is 0.538. The van der Waals surface area contributed by atoms with Crippen molar-refractivity contribution in [3.63, 3.8) is 0 Å². The summed E-state index contributed by atoms with van der Waals surface area (Å²) in [7, 11) is 0. The predicted molar refractivity (Wildman–Crippen MR) is 113 cm³/mol. The number of aryl methyl sites for hydroxylation is 1. The van der Waals surface area contributed by atoms with Gasteiger partial charge in [-0.3, -0.25) is 0 Å². The van der Waals surface area contributed by atoms with Crippen molar-refractivity contribution >= 4 is 0 Å². The zero-order valence-electron chi connectivity index (χ0n) is 17.1. The van der Waals surface area contributed by atoms with Gasteiger partial charge in [0.05, 0.1) is 18.7 Å². The molecule has 0 aliphatic heterocycles. The van der Waals surface area contributed by atoms with Gasteiger partial charge in [0.2, 0.25) is 0 Å². The van der Waals surface area contributed by atoms with Crippen molar-refractivity contribution in [2.75, 3.05) is 13.2 Å². The first kappa shape index (κ1) is 18.4. The van der Waals surface area contributed by atoms with Gasteiger partial charge in [-0.05, 0) is 55.1 Å². The summed E-state index contributed by atoms with van der Waals surface area (Å²) in [6, 6.07) is 19.5. The van der Waals surface area contributed by atoms with Crippen molar-refractivity contribution in [3.8, 4) is 0 Å². The molecule has 6 rings (SSSR count). The summed E-state index contributed by atoms with van der Waals surface area (Å²) in [6.45, 7) is 4.04. The van der Waals surface area contributed by atoms with E-state index in [4.69, 9.17) is 4.74 Å². The van der Waals surface area contributed by atoms with Gasteiger partial charge in [-0.2, -0.15) is 0 Å². The van der Waals surface area contributed by atoms with Crippen LogP contribution in [0.25, 0.3) is 0 Å². The molecule has 0 amide bonds. The van der Waals surface area contributed by atoms with E-state index in [1.54, 1.807) is 0 Å². The van der Waals surface area contributed by atoms with E-state index >= 15 is 0 Å². The van der Waals surface area contributed by atoms with Crippen LogP contribution >= 0.6 is 0 Å². The third kappa shape index (κ3) is 3.77. The lowest BCUT2D eigenvalue weighted by atomic mass is 9.53. The molecule has 0 radical (unpaired) electrons. The number of ether oxygens (including phenoxy) is 1. The fourth-order valence-electron chi connectivity index (χ4n) is 6.73. The van der Waals surface area contributed by atoms with Crippen LogP contribution in [-0.2, 0) is 4.74 Å². The molecule has 4 aliphatic carbocycles. The van der Waals surface area contributed by atoms with Gasteiger partial charge in [-0.25, -0.2) is 0 Å². The summed E-state index contributed by atoms with van der Waals surface area (Å²) >= 11 is 0. The lowest BCUT2D eigenvalue weighted by Gasteiger charge is -2.54. The topological polar surface area (TPSA) is 25.8 Å². The minimum atomic E-state index is 0.0339. The zero-order chi connectivity index (χ0) is 19.0. The molecular weight excluding hydrogens is 342 g/mol. The van der Waals surface area contributed by atoms with Gasteiger partial charge in [0.1, 0.15) is 6.10 Å². The van der Waals surface area contributed by atoms with E-state index in [-0.39, 0.29) is 6.10 Å². The Morgan fingerprint density at radius 2 is 1.43 bits per heavy atom. The molecule has 4 bridgehead atoms. The Morgan fingerprint density at radius 1 is 0.857 bits per heavy atom. The van der Waals surface area contributed by atoms with E-state index in [2.05, 4.69) is 66.8 Å². The van der Waals surface area contributed by atoms with Crippen molar-refractivity contribution < 1.29 is 10.1 Å². The Labute approximate surface area is 169 Å². The Kier molecular flexibility index (Phi) is 5.02. The van der Waals surface area contributed by atoms with Crippen LogP contribution in [0.1, 0.15) is 61.3 Å². The highest BCUT2D eigenvalue weighted by Gasteiger charge is 2.53. The second-order valence-corrected chi connectivity index (χ2v) is 9.84. The molecule has 4 fully saturated rings. The lowest BCUT2D eigenvalue weighted by molar-refractivity contribution is -0.740. The third-order valence-electron chi connectivity index (χ3n) is 7.55. The maximum absolute atomic E-state index is 6.49. The number of quaternary nitrogens is 1. The molecule has 4 aliphatic rings. The van der Waals surface area contributed by atoms with E-state index in [0.29, 0.717) is 5.54 Å². The summed E-state index contributed by atoms with van der Waals surface area (Å²) < 4.78 is 6.49. The fourth-order valence-corrected chi connectivity index (χ4v) is 6.73. The number of benzene rings is 2. The summed E-state index contributed by atoms with van der Waals surface area (Å²) in [5.41, 5.74) is 4.35. The Balaban J connectivity index is 1.23. The quantitative estimate of drug-likeness (QED) is 0.700. The van der Waals surface area contributed by atoms with Crippen LogP contribution < -0.4 is 5.32 Å². The summed E-state index contributed by atoms with van der Waals surface area (Å²) in [4.78, 5) is 0. The number of nitrogens with two attached hydrogens (primary N) is 1. The molecule has 2 heteroatoms. The first-order valence-corrected chi connectivity index (χ1v) is 11.3. The van der Waals surface area contributed by atoms with Crippen molar-refractivity contribution in [1.29, 1.82) is 0 Å². The molecule has 28 heavy (non-hydrogen) atoms. The van der Waals surface area contributed by atoms with Crippen LogP contribution in [0, 0.1) is 24.7 Å². The standard InChI is InChI=1S/C26H33NO/c1-19-7-9-24(10-8-19)25(23-5-3-2-4-6-23)28-12-11-27-26-16-20-13-21(17-26)15-22(14-20)18-26/h2-10,20-22,25,27H,11-18H2,1H3/p+1/t20?,21?,22?,25-,26?/m0/s1. The van der Waals surface area contributed by atoms with E-state index in [9.17, 15) is 0 Å². The van der Waals surface area contributed by atoms with E-state index in [1.807, 2.05) is 0 Å². The van der Waals surface area contributed by atoms with Gasteiger partial charge in [-0.1, -0.05) is 60.2 Å². The van der Waals surface area contributed by atoms with Gasteiger partial charge >= 0.3 is 0 Å². The molecule has 0 aromatic heterocycles. The minimum Gasteiger partial charge on any atom is -0.363 e. The number of hydrogen-bond acceptors (Lipinski definition) is 1. The molecule has 0 saturated heterocycles. The van der Waals surface area contributed by atoms with E-state index < -0.39 is 0 Å².